The first-order valence-electron chi connectivity index (χ1n) is 15.6. The minimum atomic E-state index is -5.08. The third-order valence-electron chi connectivity index (χ3n) is 9.02. The van der Waals surface area contributed by atoms with Gasteiger partial charge in [-0.05, 0) is 88.4 Å². The maximum absolute atomic E-state index is 13.6. The molecule has 2 heterocycles. The van der Waals surface area contributed by atoms with Crippen molar-refractivity contribution in [2.24, 2.45) is 17.8 Å². The molecule has 236 valence electrons. The number of aliphatic carboxylic acids is 1. The fraction of sp³-hybridized carbons (Fsp3) is 0.719. The van der Waals surface area contributed by atoms with Gasteiger partial charge in [0.1, 0.15) is 0 Å². The van der Waals surface area contributed by atoms with E-state index in [0.29, 0.717) is 11.8 Å². The van der Waals surface area contributed by atoms with Crippen LogP contribution in [0, 0.1) is 17.8 Å². The van der Waals surface area contributed by atoms with E-state index in [9.17, 15) is 22.8 Å². The van der Waals surface area contributed by atoms with Crippen molar-refractivity contribution in [1.29, 1.82) is 0 Å². The van der Waals surface area contributed by atoms with Crippen LogP contribution in [0.3, 0.4) is 0 Å². The highest BCUT2D eigenvalue weighted by Gasteiger charge is 2.38. The summed E-state index contributed by atoms with van der Waals surface area (Å²) in [6.07, 6.45) is 7.99. The maximum atomic E-state index is 13.6. The molecule has 10 heteroatoms. The van der Waals surface area contributed by atoms with Gasteiger partial charge in [-0.15, -0.1) is 0 Å². The molecule has 1 aromatic carbocycles. The molecule has 0 unspecified atom stereocenters. The number of amides is 2. The molecule has 2 aliphatic heterocycles. The number of hydrogen-bond acceptors (Lipinski definition) is 4. The number of likely N-dealkylation sites (tertiary alicyclic amines) is 2. The SMILES string of the molecule is CC(=O)N1CCC(C(=O)N(CCCN2CCC(Cc3ccccc3)CC2)CC2CCCCC2)CC1.O=C(O)C(F)(F)F. The van der Waals surface area contributed by atoms with Crippen LogP contribution in [0.15, 0.2) is 30.3 Å². The second-order valence-electron chi connectivity index (χ2n) is 12.2. The van der Waals surface area contributed by atoms with Crippen LogP contribution < -0.4 is 0 Å². The van der Waals surface area contributed by atoms with E-state index >= 15 is 0 Å². The minimum Gasteiger partial charge on any atom is -0.475 e. The molecule has 0 radical (unpaired) electrons. The predicted molar refractivity (Wildman–Crippen MR) is 156 cm³/mol. The first-order chi connectivity index (χ1) is 20.0. The van der Waals surface area contributed by atoms with E-state index in [0.717, 1.165) is 57.9 Å². The largest absolute Gasteiger partial charge is 0.490 e. The molecule has 42 heavy (non-hydrogen) atoms. The molecule has 1 saturated carbocycles. The quantitative estimate of drug-likeness (QED) is 0.400. The Bertz CT molecular complexity index is 969. The molecule has 7 nitrogen and oxygen atoms in total. The van der Waals surface area contributed by atoms with Gasteiger partial charge in [0.2, 0.25) is 11.8 Å². The standard InChI is InChI=1S/C30H47N3O2.C2HF3O2/c1-25(34)32-21-15-29(16-22-32)30(35)33(24-28-11-6-3-7-12-28)18-8-17-31-19-13-27(14-20-31)23-26-9-4-2-5-10-26;3-2(4,5)1(6)7/h2,4-5,9-10,27-29H,3,6-8,11-24H2,1H3;(H,6,7). The first-order valence-corrected chi connectivity index (χ1v) is 15.6. The van der Waals surface area contributed by atoms with E-state index < -0.39 is 12.1 Å². The van der Waals surface area contributed by atoms with Crippen LogP contribution in [-0.4, -0.2) is 89.6 Å². The minimum absolute atomic E-state index is 0.0999. The van der Waals surface area contributed by atoms with Gasteiger partial charge in [0.25, 0.3) is 0 Å². The summed E-state index contributed by atoms with van der Waals surface area (Å²) >= 11 is 0. The van der Waals surface area contributed by atoms with Gasteiger partial charge in [0.15, 0.2) is 0 Å². The third-order valence-corrected chi connectivity index (χ3v) is 9.02. The Balaban J connectivity index is 0.000000616. The number of halogens is 3. The molecule has 4 rings (SSSR count). The van der Waals surface area contributed by atoms with Crippen LogP contribution in [-0.2, 0) is 20.8 Å². The molecule has 3 aliphatic rings. The summed E-state index contributed by atoms with van der Waals surface area (Å²) in [5, 5.41) is 7.12. The Morgan fingerprint density at radius 1 is 0.881 bits per heavy atom. The molecule has 1 N–H and O–H groups in total. The van der Waals surface area contributed by atoms with E-state index in [2.05, 4.69) is 40.1 Å². The van der Waals surface area contributed by atoms with Crippen LogP contribution >= 0.6 is 0 Å². The average Bonchev–Trinajstić information content (AvgIpc) is 2.98. The summed E-state index contributed by atoms with van der Waals surface area (Å²) in [7, 11) is 0. The van der Waals surface area contributed by atoms with Crippen LogP contribution in [0.1, 0.15) is 76.7 Å². The Morgan fingerprint density at radius 2 is 1.48 bits per heavy atom. The Labute approximate surface area is 248 Å². The molecule has 3 fully saturated rings. The molecule has 0 spiro atoms. The molecular formula is C32H48F3N3O4. The van der Waals surface area contributed by atoms with Crippen molar-refractivity contribution in [1.82, 2.24) is 14.7 Å². The normalized spacial score (nSPS) is 19.6. The van der Waals surface area contributed by atoms with Crippen molar-refractivity contribution in [2.45, 2.75) is 83.7 Å². The first kappa shape index (κ1) is 33.9. The summed E-state index contributed by atoms with van der Waals surface area (Å²) in [6.45, 7) is 8.45. The molecular weight excluding hydrogens is 547 g/mol. The van der Waals surface area contributed by atoms with Crippen molar-refractivity contribution in [3.05, 3.63) is 35.9 Å². The van der Waals surface area contributed by atoms with Crippen LogP contribution in [0.2, 0.25) is 0 Å². The fourth-order valence-corrected chi connectivity index (χ4v) is 6.52. The number of carbonyl (C=O) groups excluding carboxylic acids is 2. The number of hydrogen-bond donors (Lipinski definition) is 1. The summed E-state index contributed by atoms with van der Waals surface area (Å²) < 4.78 is 31.7. The molecule has 0 atom stereocenters. The van der Waals surface area contributed by atoms with Crippen molar-refractivity contribution in [3.8, 4) is 0 Å². The number of carboxylic acids is 1. The van der Waals surface area contributed by atoms with Crippen LogP contribution in [0.4, 0.5) is 13.2 Å². The predicted octanol–water partition coefficient (Wildman–Crippen LogP) is 5.63. The van der Waals surface area contributed by atoms with Gasteiger partial charge >= 0.3 is 12.1 Å². The molecule has 2 amide bonds. The number of alkyl halides is 3. The lowest BCUT2D eigenvalue weighted by atomic mass is 9.88. The average molecular weight is 596 g/mol. The van der Waals surface area contributed by atoms with Crippen molar-refractivity contribution >= 4 is 17.8 Å². The number of benzene rings is 1. The van der Waals surface area contributed by atoms with Gasteiger partial charge in [-0.2, -0.15) is 13.2 Å². The Hall–Kier alpha value is -2.62. The second kappa shape index (κ2) is 16.9. The van der Waals surface area contributed by atoms with Gasteiger partial charge < -0.3 is 19.8 Å². The lowest BCUT2D eigenvalue weighted by molar-refractivity contribution is -0.192. The summed E-state index contributed by atoms with van der Waals surface area (Å²) in [4.78, 5) is 40.9. The molecule has 1 aliphatic carbocycles. The van der Waals surface area contributed by atoms with Gasteiger partial charge in [-0.25, -0.2) is 4.79 Å². The summed E-state index contributed by atoms with van der Waals surface area (Å²) in [5.41, 5.74) is 1.47. The Kier molecular flexibility index (Phi) is 13.6. The van der Waals surface area contributed by atoms with Crippen molar-refractivity contribution < 1.29 is 32.7 Å². The number of nitrogens with zero attached hydrogens (tertiary/aromatic N) is 3. The number of carboxylic acid groups (broad SMARTS) is 1. The number of carbonyl (C=O) groups is 3. The summed E-state index contributed by atoms with van der Waals surface area (Å²) in [5.74, 6) is -0.670. The van der Waals surface area contributed by atoms with Crippen LogP contribution in [0.5, 0.6) is 0 Å². The van der Waals surface area contributed by atoms with E-state index in [-0.39, 0.29) is 11.8 Å². The van der Waals surface area contributed by atoms with E-state index in [4.69, 9.17) is 9.90 Å². The Morgan fingerprint density at radius 3 is 2.02 bits per heavy atom. The highest BCUT2D eigenvalue weighted by atomic mass is 19.4. The van der Waals surface area contributed by atoms with Gasteiger partial charge in [0.05, 0.1) is 0 Å². The third kappa shape index (κ3) is 11.6. The van der Waals surface area contributed by atoms with Crippen molar-refractivity contribution in [2.75, 3.05) is 45.8 Å². The number of rotatable bonds is 9. The highest BCUT2D eigenvalue weighted by molar-refractivity contribution is 5.79. The van der Waals surface area contributed by atoms with Gasteiger partial charge in [0, 0.05) is 39.0 Å². The molecule has 1 aromatic rings. The highest BCUT2D eigenvalue weighted by Crippen LogP contribution is 2.27. The second-order valence-corrected chi connectivity index (χ2v) is 12.2. The fourth-order valence-electron chi connectivity index (χ4n) is 6.52. The zero-order valence-corrected chi connectivity index (χ0v) is 25.0. The lowest BCUT2D eigenvalue weighted by Gasteiger charge is -2.37. The van der Waals surface area contributed by atoms with E-state index in [1.165, 1.54) is 70.0 Å². The van der Waals surface area contributed by atoms with Crippen molar-refractivity contribution in [3.63, 3.8) is 0 Å². The zero-order valence-electron chi connectivity index (χ0n) is 25.0. The topological polar surface area (TPSA) is 81.2 Å². The monoisotopic (exact) mass is 595 g/mol. The summed E-state index contributed by atoms with van der Waals surface area (Å²) in [6, 6.07) is 10.9. The lowest BCUT2D eigenvalue weighted by Crippen LogP contribution is -2.46. The van der Waals surface area contributed by atoms with E-state index in [1.807, 2.05) is 4.90 Å². The maximum Gasteiger partial charge on any atom is 0.490 e. The molecule has 2 saturated heterocycles. The van der Waals surface area contributed by atoms with Crippen LogP contribution in [0.25, 0.3) is 0 Å². The number of piperidine rings is 2. The molecule has 0 bridgehead atoms. The van der Waals surface area contributed by atoms with Gasteiger partial charge in [-0.3, -0.25) is 9.59 Å². The van der Waals surface area contributed by atoms with E-state index in [1.54, 1.807) is 6.92 Å². The zero-order chi connectivity index (χ0) is 30.5. The molecule has 0 aromatic heterocycles. The smallest absolute Gasteiger partial charge is 0.475 e. The van der Waals surface area contributed by atoms with Gasteiger partial charge in [-0.1, -0.05) is 49.6 Å².